The predicted octanol–water partition coefficient (Wildman–Crippen LogP) is 3.55. The van der Waals surface area contributed by atoms with E-state index in [0.29, 0.717) is 19.8 Å². The molecule has 0 aromatic heterocycles. The van der Waals surface area contributed by atoms with Gasteiger partial charge in [-0.3, -0.25) is 0 Å². The first-order chi connectivity index (χ1) is 14.6. The summed E-state index contributed by atoms with van der Waals surface area (Å²) in [7, 11) is 0. The van der Waals surface area contributed by atoms with E-state index in [1.54, 1.807) is 0 Å². The number of benzene rings is 1. The predicted molar refractivity (Wildman–Crippen MR) is 110 cm³/mol. The highest BCUT2D eigenvalue weighted by molar-refractivity contribution is 5.13. The fourth-order valence-electron chi connectivity index (χ4n) is 5.64. The van der Waals surface area contributed by atoms with Gasteiger partial charge in [-0.05, 0) is 43.6 Å². The van der Waals surface area contributed by atoms with E-state index >= 15 is 0 Å². The standard InChI is InChI=1S/C24H34O6/c1-17-15-19-22(20(25)21(17)26-16-18-9-3-2-4-10-18)30-24(12-6-8-14-28-24)23(29-19)11-5-7-13-27-23/h2-4,9-10,17,19-22,25H,5-8,11-16H2,1H3/t17-,19-,20-,21-,22-,23+,24+/m1/s1. The third-order valence-electron chi connectivity index (χ3n) is 7.21. The van der Waals surface area contributed by atoms with Gasteiger partial charge in [0.25, 0.3) is 0 Å². The first kappa shape index (κ1) is 20.9. The molecule has 0 unspecified atom stereocenters. The number of ether oxygens (including phenoxy) is 5. The van der Waals surface area contributed by atoms with Gasteiger partial charge in [0.15, 0.2) is 0 Å². The van der Waals surface area contributed by atoms with Gasteiger partial charge in [0.05, 0.1) is 32.0 Å². The Balaban J connectivity index is 1.36. The molecular weight excluding hydrogens is 384 g/mol. The molecule has 3 aliphatic heterocycles. The van der Waals surface area contributed by atoms with Gasteiger partial charge in [0.2, 0.25) is 11.6 Å². The summed E-state index contributed by atoms with van der Waals surface area (Å²) in [5, 5.41) is 11.3. The van der Waals surface area contributed by atoms with Crippen molar-refractivity contribution < 1.29 is 28.8 Å². The summed E-state index contributed by atoms with van der Waals surface area (Å²) in [6, 6.07) is 10.1. The molecule has 4 aliphatic rings. The average Bonchev–Trinajstić information content (AvgIpc) is 2.78. The van der Waals surface area contributed by atoms with Gasteiger partial charge in [0, 0.05) is 12.8 Å². The van der Waals surface area contributed by atoms with Crippen LogP contribution in [0.25, 0.3) is 0 Å². The Morgan fingerprint density at radius 1 is 0.967 bits per heavy atom. The smallest absolute Gasteiger partial charge is 0.224 e. The summed E-state index contributed by atoms with van der Waals surface area (Å²) in [4.78, 5) is 0. The van der Waals surface area contributed by atoms with Crippen molar-refractivity contribution in [1.82, 2.24) is 0 Å². The largest absolute Gasteiger partial charge is 0.388 e. The van der Waals surface area contributed by atoms with Gasteiger partial charge >= 0.3 is 0 Å². The van der Waals surface area contributed by atoms with E-state index in [4.69, 9.17) is 23.7 Å². The lowest BCUT2D eigenvalue weighted by molar-refractivity contribution is -0.492. The SMILES string of the molecule is C[C@@H]1C[C@H]2O[C@@]3(CCCCO3)[C@]3(CCCCO3)O[C@H]2[C@H](O)[C@@H]1OCc1ccccc1. The normalized spacial score (nSPS) is 44.1. The lowest BCUT2D eigenvalue weighted by Crippen LogP contribution is -2.73. The summed E-state index contributed by atoms with van der Waals surface area (Å²) in [5.74, 6) is -1.64. The Kier molecular flexibility index (Phi) is 5.90. The Morgan fingerprint density at radius 2 is 1.63 bits per heavy atom. The molecule has 0 radical (unpaired) electrons. The zero-order chi connectivity index (χ0) is 20.6. The maximum Gasteiger partial charge on any atom is 0.224 e. The van der Waals surface area contributed by atoms with Crippen molar-refractivity contribution in [1.29, 1.82) is 0 Å². The van der Waals surface area contributed by atoms with E-state index in [1.807, 2.05) is 30.3 Å². The molecule has 1 aromatic carbocycles. The number of aliphatic hydroxyl groups is 1. The topological polar surface area (TPSA) is 66.4 Å². The Hall–Kier alpha value is -1.02. The molecule has 166 valence electrons. The number of hydrogen-bond acceptors (Lipinski definition) is 6. The van der Waals surface area contributed by atoms with Gasteiger partial charge in [0.1, 0.15) is 12.2 Å². The molecular formula is C24H34O6. The van der Waals surface area contributed by atoms with Crippen LogP contribution in [-0.4, -0.2) is 54.3 Å². The van der Waals surface area contributed by atoms with Crippen LogP contribution in [-0.2, 0) is 30.3 Å². The summed E-state index contributed by atoms with van der Waals surface area (Å²) < 4.78 is 32.1. The van der Waals surface area contributed by atoms with Crippen LogP contribution in [0.3, 0.4) is 0 Å². The Bertz CT molecular complexity index is 697. The molecule has 0 bridgehead atoms. The third-order valence-corrected chi connectivity index (χ3v) is 7.21. The molecule has 6 nitrogen and oxygen atoms in total. The maximum atomic E-state index is 11.3. The second kappa shape index (κ2) is 8.49. The molecule has 30 heavy (non-hydrogen) atoms. The molecule has 3 saturated heterocycles. The van der Waals surface area contributed by atoms with Crippen LogP contribution in [0, 0.1) is 5.92 Å². The number of rotatable bonds is 3. The van der Waals surface area contributed by atoms with E-state index in [0.717, 1.165) is 50.5 Å². The molecule has 1 N–H and O–H groups in total. The van der Waals surface area contributed by atoms with Crippen molar-refractivity contribution >= 4 is 0 Å². The molecule has 1 saturated carbocycles. The summed E-state index contributed by atoms with van der Waals surface area (Å²) in [6.45, 7) is 3.88. The van der Waals surface area contributed by atoms with Crippen molar-refractivity contribution in [3.63, 3.8) is 0 Å². The maximum absolute atomic E-state index is 11.3. The Labute approximate surface area is 178 Å². The van der Waals surface area contributed by atoms with Gasteiger partial charge in [-0.15, -0.1) is 0 Å². The number of fused-ring (bicyclic) bond motifs is 2. The van der Waals surface area contributed by atoms with E-state index in [9.17, 15) is 5.11 Å². The van der Waals surface area contributed by atoms with Crippen molar-refractivity contribution in [3.8, 4) is 0 Å². The van der Waals surface area contributed by atoms with E-state index in [2.05, 4.69) is 6.92 Å². The first-order valence-electron chi connectivity index (χ1n) is 11.6. The lowest BCUT2D eigenvalue weighted by atomic mass is 9.78. The molecule has 6 heteroatoms. The fourth-order valence-corrected chi connectivity index (χ4v) is 5.64. The minimum absolute atomic E-state index is 0.149. The van der Waals surface area contributed by atoms with Gasteiger partial charge in [-0.25, -0.2) is 0 Å². The zero-order valence-corrected chi connectivity index (χ0v) is 17.8. The van der Waals surface area contributed by atoms with E-state index in [-0.39, 0.29) is 18.1 Å². The molecule has 2 spiro atoms. The molecule has 7 atom stereocenters. The van der Waals surface area contributed by atoms with Crippen LogP contribution in [0.2, 0.25) is 0 Å². The summed E-state index contributed by atoms with van der Waals surface area (Å²) in [6.07, 6.45) is 4.57. The van der Waals surface area contributed by atoms with Crippen LogP contribution in [0.5, 0.6) is 0 Å². The van der Waals surface area contributed by atoms with Crippen LogP contribution < -0.4 is 0 Å². The van der Waals surface area contributed by atoms with E-state index in [1.165, 1.54) is 0 Å². The van der Waals surface area contributed by atoms with Gasteiger partial charge in [-0.2, -0.15) is 0 Å². The molecule has 0 amide bonds. The molecule has 3 heterocycles. The van der Waals surface area contributed by atoms with Crippen LogP contribution in [0.4, 0.5) is 0 Å². The van der Waals surface area contributed by atoms with Crippen molar-refractivity contribution in [2.75, 3.05) is 13.2 Å². The van der Waals surface area contributed by atoms with E-state index < -0.39 is 23.8 Å². The van der Waals surface area contributed by atoms with Crippen LogP contribution >= 0.6 is 0 Å². The molecule has 1 aliphatic carbocycles. The number of aliphatic hydroxyl groups excluding tert-OH is 1. The second-order valence-corrected chi connectivity index (χ2v) is 9.32. The number of hydrogen-bond donors (Lipinski definition) is 1. The highest BCUT2D eigenvalue weighted by atomic mass is 16.8. The molecule has 4 fully saturated rings. The third kappa shape index (κ3) is 3.61. The second-order valence-electron chi connectivity index (χ2n) is 9.32. The highest BCUT2D eigenvalue weighted by Gasteiger charge is 2.65. The van der Waals surface area contributed by atoms with Crippen molar-refractivity contribution in [3.05, 3.63) is 35.9 Å². The lowest BCUT2D eigenvalue weighted by Gasteiger charge is -2.60. The highest BCUT2D eigenvalue weighted by Crippen LogP contribution is 2.52. The van der Waals surface area contributed by atoms with Crippen molar-refractivity contribution in [2.45, 2.75) is 94.5 Å². The quantitative estimate of drug-likeness (QED) is 0.810. The van der Waals surface area contributed by atoms with Crippen molar-refractivity contribution in [2.24, 2.45) is 5.92 Å². The summed E-state index contributed by atoms with van der Waals surface area (Å²) in [5.41, 5.74) is 1.10. The Morgan fingerprint density at radius 3 is 2.27 bits per heavy atom. The van der Waals surface area contributed by atoms with Gasteiger partial charge in [-0.1, -0.05) is 37.3 Å². The summed E-state index contributed by atoms with van der Waals surface area (Å²) >= 11 is 0. The zero-order valence-electron chi connectivity index (χ0n) is 17.8. The van der Waals surface area contributed by atoms with Gasteiger partial charge < -0.3 is 28.8 Å². The first-order valence-corrected chi connectivity index (χ1v) is 11.6. The van der Waals surface area contributed by atoms with Crippen LogP contribution in [0.15, 0.2) is 30.3 Å². The minimum Gasteiger partial charge on any atom is -0.388 e. The van der Waals surface area contributed by atoms with Crippen LogP contribution in [0.1, 0.15) is 57.4 Å². The molecule has 5 rings (SSSR count). The minimum atomic E-state index is -0.932. The monoisotopic (exact) mass is 418 g/mol. The average molecular weight is 419 g/mol. The fraction of sp³-hybridized carbons (Fsp3) is 0.750. The molecule has 1 aromatic rings.